The molecule has 1 aliphatic carbocycles. The molecule has 0 radical (unpaired) electrons. The smallest absolute Gasteiger partial charge is 0.246 e. The van der Waals surface area contributed by atoms with Crippen LogP contribution in [-0.2, 0) is 9.59 Å². The molecule has 0 aromatic heterocycles. The van der Waals surface area contributed by atoms with E-state index in [0.29, 0.717) is 13.0 Å². The Morgan fingerprint density at radius 2 is 2.13 bits per heavy atom. The maximum absolute atomic E-state index is 11.7. The van der Waals surface area contributed by atoms with E-state index >= 15 is 0 Å². The Morgan fingerprint density at radius 1 is 1.40 bits per heavy atom. The van der Waals surface area contributed by atoms with Gasteiger partial charge in [-0.2, -0.15) is 0 Å². The lowest BCUT2D eigenvalue weighted by molar-refractivity contribution is -0.138. The number of amides is 2. The zero-order valence-corrected chi connectivity index (χ0v) is 9.16. The van der Waals surface area contributed by atoms with Gasteiger partial charge in [-0.05, 0) is 32.2 Å². The van der Waals surface area contributed by atoms with Gasteiger partial charge >= 0.3 is 0 Å². The molecule has 1 saturated heterocycles. The number of rotatable bonds is 4. The lowest BCUT2D eigenvalue weighted by Crippen LogP contribution is -2.41. The van der Waals surface area contributed by atoms with Gasteiger partial charge in [0.2, 0.25) is 11.8 Å². The molecule has 0 bridgehead atoms. The van der Waals surface area contributed by atoms with Crippen LogP contribution < -0.4 is 5.32 Å². The van der Waals surface area contributed by atoms with Crippen LogP contribution in [0.2, 0.25) is 0 Å². The molecule has 15 heavy (non-hydrogen) atoms. The van der Waals surface area contributed by atoms with E-state index in [1.807, 2.05) is 6.92 Å². The van der Waals surface area contributed by atoms with Crippen LogP contribution in [0, 0.1) is 5.92 Å². The standard InChI is InChI=1S/C11H18N2O2/c1-2-13-10(14)6-9(11(13)15)12-7-8-4-3-5-8/h8-9,12H,2-7H2,1H3. The highest BCUT2D eigenvalue weighted by atomic mass is 16.2. The highest BCUT2D eigenvalue weighted by Crippen LogP contribution is 2.25. The number of imide groups is 1. The van der Waals surface area contributed by atoms with E-state index in [4.69, 9.17) is 0 Å². The van der Waals surface area contributed by atoms with Crippen molar-refractivity contribution in [3.05, 3.63) is 0 Å². The second kappa shape index (κ2) is 4.31. The first-order valence-corrected chi connectivity index (χ1v) is 5.80. The molecule has 2 rings (SSSR count). The summed E-state index contributed by atoms with van der Waals surface area (Å²) in [4.78, 5) is 24.5. The van der Waals surface area contributed by atoms with Gasteiger partial charge < -0.3 is 5.32 Å². The summed E-state index contributed by atoms with van der Waals surface area (Å²) in [6.07, 6.45) is 4.18. The minimum absolute atomic E-state index is 0.0337. The van der Waals surface area contributed by atoms with Crippen LogP contribution in [0.1, 0.15) is 32.6 Å². The predicted molar refractivity (Wildman–Crippen MR) is 56.1 cm³/mol. The van der Waals surface area contributed by atoms with E-state index in [0.717, 1.165) is 12.5 Å². The quantitative estimate of drug-likeness (QED) is 0.688. The SMILES string of the molecule is CCN1C(=O)CC(NCC2CCC2)C1=O. The molecule has 84 valence electrons. The summed E-state index contributed by atoms with van der Waals surface area (Å²) in [7, 11) is 0. The maximum atomic E-state index is 11.7. The number of hydrogen-bond donors (Lipinski definition) is 1. The average Bonchev–Trinajstić information content (AvgIpc) is 2.39. The molecule has 2 amide bonds. The van der Waals surface area contributed by atoms with Crippen LogP contribution in [-0.4, -0.2) is 35.8 Å². The minimum atomic E-state index is -0.252. The fraction of sp³-hybridized carbons (Fsp3) is 0.818. The second-order valence-electron chi connectivity index (χ2n) is 4.44. The van der Waals surface area contributed by atoms with Crippen LogP contribution in [0.3, 0.4) is 0 Å². The van der Waals surface area contributed by atoms with Crippen molar-refractivity contribution in [2.24, 2.45) is 5.92 Å². The molecule has 1 atom stereocenters. The molecule has 4 nitrogen and oxygen atoms in total. The molecule has 0 spiro atoms. The van der Waals surface area contributed by atoms with Gasteiger partial charge in [-0.1, -0.05) is 6.42 Å². The van der Waals surface area contributed by atoms with Crippen molar-refractivity contribution in [3.63, 3.8) is 0 Å². The molecule has 2 fully saturated rings. The fourth-order valence-corrected chi connectivity index (χ4v) is 2.18. The second-order valence-corrected chi connectivity index (χ2v) is 4.44. The summed E-state index contributed by atoms with van der Waals surface area (Å²) in [5.74, 6) is 0.652. The summed E-state index contributed by atoms with van der Waals surface area (Å²) in [6.45, 7) is 3.23. The molecule has 1 N–H and O–H groups in total. The highest BCUT2D eigenvalue weighted by molar-refractivity contribution is 6.05. The van der Waals surface area contributed by atoms with Crippen molar-refractivity contribution >= 4 is 11.8 Å². The Labute approximate surface area is 90.0 Å². The number of carbonyl (C=O) groups is 2. The van der Waals surface area contributed by atoms with Crippen molar-refractivity contribution in [3.8, 4) is 0 Å². The van der Waals surface area contributed by atoms with Crippen molar-refractivity contribution in [1.29, 1.82) is 0 Å². The van der Waals surface area contributed by atoms with E-state index in [1.165, 1.54) is 24.2 Å². The topological polar surface area (TPSA) is 49.4 Å². The monoisotopic (exact) mass is 210 g/mol. The van der Waals surface area contributed by atoms with E-state index in [2.05, 4.69) is 5.32 Å². The largest absolute Gasteiger partial charge is 0.305 e. The Hall–Kier alpha value is -0.900. The number of nitrogens with zero attached hydrogens (tertiary/aromatic N) is 1. The molecular formula is C11H18N2O2. The van der Waals surface area contributed by atoms with E-state index in [9.17, 15) is 9.59 Å². The summed E-state index contributed by atoms with van der Waals surface area (Å²) in [6, 6.07) is -0.252. The number of likely N-dealkylation sites (N-methyl/N-ethyl adjacent to an activating group) is 1. The van der Waals surface area contributed by atoms with Gasteiger partial charge in [0.05, 0.1) is 12.5 Å². The van der Waals surface area contributed by atoms with Crippen LogP contribution in [0.5, 0.6) is 0 Å². The highest BCUT2D eigenvalue weighted by Gasteiger charge is 2.37. The van der Waals surface area contributed by atoms with Crippen LogP contribution in [0.4, 0.5) is 0 Å². The lowest BCUT2D eigenvalue weighted by Gasteiger charge is -2.26. The third-order valence-corrected chi connectivity index (χ3v) is 3.44. The van der Waals surface area contributed by atoms with Crippen molar-refractivity contribution < 1.29 is 9.59 Å². The third kappa shape index (κ3) is 2.04. The van der Waals surface area contributed by atoms with Gasteiger partial charge in [0.1, 0.15) is 0 Å². The minimum Gasteiger partial charge on any atom is -0.305 e. The van der Waals surface area contributed by atoms with Gasteiger partial charge in [0.25, 0.3) is 0 Å². The molecule has 2 aliphatic rings. The van der Waals surface area contributed by atoms with E-state index in [-0.39, 0.29) is 17.9 Å². The molecule has 0 aromatic rings. The van der Waals surface area contributed by atoms with Crippen molar-refractivity contribution in [2.45, 2.75) is 38.6 Å². The number of likely N-dealkylation sites (tertiary alicyclic amines) is 1. The summed E-state index contributed by atoms with van der Waals surface area (Å²) >= 11 is 0. The molecule has 1 heterocycles. The first kappa shape index (κ1) is 10.6. The van der Waals surface area contributed by atoms with E-state index < -0.39 is 0 Å². The predicted octanol–water partition coefficient (Wildman–Crippen LogP) is 0.523. The third-order valence-electron chi connectivity index (χ3n) is 3.44. The zero-order valence-electron chi connectivity index (χ0n) is 9.16. The maximum Gasteiger partial charge on any atom is 0.246 e. The lowest BCUT2D eigenvalue weighted by atomic mass is 9.85. The molecule has 0 aromatic carbocycles. The Morgan fingerprint density at radius 3 is 2.60 bits per heavy atom. The van der Waals surface area contributed by atoms with Gasteiger partial charge in [-0.25, -0.2) is 0 Å². The number of nitrogens with one attached hydrogen (secondary N) is 1. The molecule has 1 saturated carbocycles. The normalized spacial score (nSPS) is 27.3. The zero-order chi connectivity index (χ0) is 10.8. The first-order chi connectivity index (χ1) is 7.22. The molecule has 1 unspecified atom stereocenters. The number of carbonyl (C=O) groups excluding carboxylic acids is 2. The molecule has 1 aliphatic heterocycles. The fourth-order valence-electron chi connectivity index (χ4n) is 2.18. The Balaban J connectivity index is 1.82. The van der Waals surface area contributed by atoms with Gasteiger partial charge in [-0.3, -0.25) is 14.5 Å². The average molecular weight is 210 g/mol. The van der Waals surface area contributed by atoms with Crippen molar-refractivity contribution in [2.75, 3.05) is 13.1 Å². The number of hydrogen-bond acceptors (Lipinski definition) is 3. The molecular weight excluding hydrogens is 192 g/mol. The van der Waals surface area contributed by atoms with E-state index in [1.54, 1.807) is 0 Å². The summed E-state index contributed by atoms with van der Waals surface area (Å²) < 4.78 is 0. The first-order valence-electron chi connectivity index (χ1n) is 5.80. The van der Waals surface area contributed by atoms with Crippen LogP contribution in [0.25, 0.3) is 0 Å². The summed E-state index contributed by atoms with van der Waals surface area (Å²) in [5.41, 5.74) is 0. The Bertz CT molecular complexity index is 274. The van der Waals surface area contributed by atoms with Crippen molar-refractivity contribution in [1.82, 2.24) is 10.2 Å². The van der Waals surface area contributed by atoms with Crippen LogP contribution in [0.15, 0.2) is 0 Å². The summed E-state index contributed by atoms with van der Waals surface area (Å²) in [5, 5.41) is 3.22. The molecule has 4 heteroatoms. The van der Waals surface area contributed by atoms with Crippen LogP contribution >= 0.6 is 0 Å². The van der Waals surface area contributed by atoms with Gasteiger partial charge in [-0.15, -0.1) is 0 Å². The van der Waals surface area contributed by atoms with Gasteiger partial charge in [0, 0.05) is 6.54 Å². The Kier molecular flexibility index (Phi) is 3.05. The van der Waals surface area contributed by atoms with Gasteiger partial charge in [0.15, 0.2) is 0 Å².